The molecule has 2 aromatic carbocycles. The molecule has 26 heavy (non-hydrogen) atoms. The minimum atomic E-state index is -0.177. The Morgan fingerprint density at radius 1 is 1.08 bits per heavy atom. The molecule has 1 saturated heterocycles. The Bertz CT molecular complexity index is 725. The molecule has 0 aliphatic carbocycles. The summed E-state index contributed by atoms with van der Waals surface area (Å²) in [5.74, 6) is 0.0498. The number of morpholine rings is 1. The predicted octanol–water partition coefficient (Wildman–Crippen LogP) is 3.51. The normalized spacial score (nSPS) is 16.9. The summed E-state index contributed by atoms with van der Waals surface area (Å²) in [6, 6.07) is 19.6. The highest BCUT2D eigenvalue weighted by atomic mass is 16.5. The van der Waals surface area contributed by atoms with Crippen LogP contribution in [-0.4, -0.2) is 42.7 Å². The highest BCUT2D eigenvalue weighted by Gasteiger charge is 2.30. The van der Waals surface area contributed by atoms with E-state index in [9.17, 15) is 4.79 Å². The number of nitrogens with one attached hydrogen (secondary N) is 1. The maximum atomic E-state index is 12.8. The van der Waals surface area contributed by atoms with Gasteiger partial charge in [0, 0.05) is 19.5 Å². The summed E-state index contributed by atoms with van der Waals surface area (Å²) >= 11 is 0. The molecule has 1 N–H and O–H groups in total. The molecule has 0 spiro atoms. The second-order valence-corrected chi connectivity index (χ2v) is 6.21. The quantitative estimate of drug-likeness (QED) is 0.613. The molecule has 1 aliphatic rings. The van der Waals surface area contributed by atoms with Gasteiger partial charge in [0.1, 0.15) is 5.71 Å². The first kappa shape index (κ1) is 18.3. The van der Waals surface area contributed by atoms with Crippen molar-refractivity contribution in [3.63, 3.8) is 0 Å². The van der Waals surface area contributed by atoms with Gasteiger partial charge in [-0.15, -0.1) is 0 Å². The van der Waals surface area contributed by atoms with Crippen LogP contribution in [0.15, 0.2) is 65.8 Å². The van der Waals surface area contributed by atoms with Crippen molar-refractivity contribution >= 4 is 17.2 Å². The third-order valence-corrected chi connectivity index (χ3v) is 4.47. The van der Waals surface area contributed by atoms with Crippen LogP contribution in [0.3, 0.4) is 0 Å². The topological polar surface area (TPSA) is 53.9 Å². The lowest BCUT2D eigenvalue weighted by Gasteiger charge is -2.35. The van der Waals surface area contributed by atoms with Crippen molar-refractivity contribution in [2.24, 2.45) is 5.10 Å². The Labute approximate surface area is 154 Å². The lowest BCUT2D eigenvalue weighted by molar-refractivity contribution is -0.113. The zero-order valence-corrected chi connectivity index (χ0v) is 15.1. The fraction of sp³-hybridized carbons (Fsp3) is 0.333. The Morgan fingerprint density at radius 2 is 1.69 bits per heavy atom. The number of anilines is 1. The Kier molecular flexibility index (Phi) is 6.52. The maximum absolute atomic E-state index is 12.8. The number of carbonyl (C=O) groups excluding carboxylic acids is 1. The molecular formula is C21H25N3O2. The number of rotatable bonds is 7. The van der Waals surface area contributed by atoms with E-state index < -0.39 is 0 Å². The summed E-state index contributed by atoms with van der Waals surface area (Å²) in [5, 5.41) is 4.55. The SMILES string of the molecule is CCC(=O)/C(=N\Nc1ccccc1)C(c1ccccc1)N1CCOCC1. The fourth-order valence-corrected chi connectivity index (χ4v) is 3.11. The van der Waals surface area contributed by atoms with E-state index in [2.05, 4.69) is 27.6 Å². The van der Waals surface area contributed by atoms with Gasteiger partial charge >= 0.3 is 0 Å². The molecule has 1 unspecified atom stereocenters. The molecule has 1 atom stereocenters. The van der Waals surface area contributed by atoms with Crippen LogP contribution in [0, 0.1) is 0 Å². The van der Waals surface area contributed by atoms with Gasteiger partial charge in [-0.3, -0.25) is 15.1 Å². The molecule has 0 aromatic heterocycles. The minimum Gasteiger partial charge on any atom is -0.379 e. The highest BCUT2D eigenvalue weighted by Crippen LogP contribution is 2.25. The van der Waals surface area contributed by atoms with Crippen LogP contribution in [0.25, 0.3) is 0 Å². The molecule has 136 valence electrons. The number of nitrogens with zero attached hydrogens (tertiary/aromatic N) is 2. The molecule has 5 nitrogen and oxygen atoms in total. The average molecular weight is 351 g/mol. The van der Waals surface area contributed by atoms with Crippen molar-refractivity contribution in [1.29, 1.82) is 0 Å². The van der Waals surface area contributed by atoms with Crippen LogP contribution in [0.5, 0.6) is 0 Å². The van der Waals surface area contributed by atoms with Gasteiger partial charge in [-0.1, -0.05) is 55.5 Å². The van der Waals surface area contributed by atoms with Gasteiger partial charge in [0.2, 0.25) is 0 Å². The number of para-hydroxylation sites is 1. The highest BCUT2D eigenvalue weighted by molar-refractivity contribution is 6.41. The number of Topliss-reactive ketones (excluding diaryl/α,β-unsaturated/α-hetero) is 1. The van der Waals surface area contributed by atoms with E-state index in [-0.39, 0.29) is 11.8 Å². The second kappa shape index (κ2) is 9.27. The van der Waals surface area contributed by atoms with Crippen LogP contribution < -0.4 is 5.43 Å². The van der Waals surface area contributed by atoms with E-state index in [0.717, 1.165) is 24.3 Å². The van der Waals surface area contributed by atoms with Crippen LogP contribution >= 0.6 is 0 Å². The van der Waals surface area contributed by atoms with Crippen molar-refractivity contribution in [2.45, 2.75) is 19.4 Å². The van der Waals surface area contributed by atoms with Gasteiger partial charge in [-0.25, -0.2) is 0 Å². The number of carbonyl (C=O) groups is 1. The molecule has 0 bridgehead atoms. The van der Waals surface area contributed by atoms with Gasteiger partial charge in [-0.2, -0.15) is 5.10 Å². The average Bonchev–Trinajstić information content (AvgIpc) is 2.72. The Morgan fingerprint density at radius 3 is 2.31 bits per heavy atom. The Hall–Kier alpha value is -2.50. The lowest BCUT2D eigenvalue weighted by atomic mass is 9.96. The van der Waals surface area contributed by atoms with Crippen LogP contribution in [0.1, 0.15) is 24.9 Å². The van der Waals surface area contributed by atoms with Gasteiger partial charge in [0.15, 0.2) is 5.78 Å². The van der Waals surface area contributed by atoms with Crippen LogP contribution in [-0.2, 0) is 9.53 Å². The van der Waals surface area contributed by atoms with Crippen molar-refractivity contribution in [1.82, 2.24) is 4.90 Å². The molecule has 0 saturated carbocycles. The van der Waals surface area contributed by atoms with Crippen molar-refractivity contribution in [2.75, 3.05) is 31.7 Å². The van der Waals surface area contributed by atoms with Crippen molar-refractivity contribution in [3.05, 3.63) is 66.2 Å². The number of ketones is 1. The van der Waals surface area contributed by atoms with E-state index in [1.54, 1.807) is 0 Å². The molecule has 3 rings (SSSR count). The van der Waals surface area contributed by atoms with Gasteiger partial charge in [0.25, 0.3) is 0 Å². The van der Waals surface area contributed by atoms with Crippen LogP contribution in [0.2, 0.25) is 0 Å². The maximum Gasteiger partial charge on any atom is 0.180 e. The standard InChI is InChI=1S/C21H25N3O2/c1-2-19(25)20(23-22-18-11-7-4-8-12-18)21(17-9-5-3-6-10-17)24-13-15-26-16-14-24/h3-12,21-22H,2,13-16H2,1H3/b23-20+. The van der Waals surface area contributed by atoms with Gasteiger partial charge in [-0.05, 0) is 17.7 Å². The Balaban J connectivity index is 1.96. The summed E-state index contributed by atoms with van der Waals surface area (Å²) in [7, 11) is 0. The number of hydrogen-bond donors (Lipinski definition) is 1. The molecule has 5 heteroatoms. The molecule has 1 fully saturated rings. The molecule has 1 heterocycles. The van der Waals surface area contributed by atoms with Gasteiger partial charge in [0.05, 0.1) is 24.9 Å². The largest absolute Gasteiger partial charge is 0.379 e. The first-order chi connectivity index (χ1) is 12.8. The predicted molar refractivity (Wildman–Crippen MR) is 104 cm³/mol. The van der Waals surface area contributed by atoms with E-state index in [1.165, 1.54) is 0 Å². The molecule has 2 aromatic rings. The van der Waals surface area contributed by atoms with Gasteiger partial charge < -0.3 is 4.74 Å². The number of benzene rings is 2. The summed E-state index contributed by atoms with van der Waals surface area (Å²) in [5.41, 5.74) is 5.54. The zero-order valence-electron chi connectivity index (χ0n) is 15.1. The summed E-state index contributed by atoms with van der Waals surface area (Å²) in [6.45, 7) is 4.77. The van der Waals surface area contributed by atoms with E-state index in [1.807, 2.05) is 55.5 Å². The van der Waals surface area contributed by atoms with Crippen molar-refractivity contribution < 1.29 is 9.53 Å². The lowest BCUT2D eigenvalue weighted by Crippen LogP contribution is -2.44. The number of hydrazone groups is 1. The second-order valence-electron chi connectivity index (χ2n) is 6.21. The minimum absolute atomic E-state index is 0.0498. The summed E-state index contributed by atoms with van der Waals surface area (Å²) in [4.78, 5) is 15.0. The third-order valence-electron chi connectivity index (χ3n) is 4.47. The zero-order chi connectivity index (χ0) is 18.2. The van der Waals surface area contributed by atoms with E-state index in [4.69, 9.17) is 4.74 Å². The number of ether oxygens (including phenoxy) is 1. The summed E-state index contributed by atoms with van der Waals surface area (Å²) < 4.78 is 5.50. The van der Waals surface area contributed by atoms with E-state index in [0.29, 0.717) is 25.3 Å². The van der Waals surface area contributed by atoms with Crippen LogP contribution in [0.4, 0.5) is 5.69 Å². The fourth-order valence-electron chi connectivity index (χ4n) is 3.11. The molecule has 0 radical (unpaired) electrons. The third kappa shape index (κ3) is 4.56. The molecule has 0 amide bonds. The molecule has 1 aliphatic heterocycles. The van der Waals surface area contributed by atoms with Crippen molar-refractivity contribution in [3.8, 4) is 0 Å². The number of hydrogen-bond acceptors (Lipinski definition) is 5. The van der Waals surface area contributed by atoms with E-state index >= 15 is 0 Å². The first-order valence-corrected chi connectivity index (χ1v) is 9.08. The molecular weight excluding hydrogens is 326 g/mol. The first-order valence-electron chi connectivity index (χ1n) is 9.08. The summed E-state index contributed by atoms with van der Waals surface area (Å²) in [6.07, 6.45) is 0.420. The monoisotopic (exact) mass is 351 g/mol. The smallest absolute Gasteiger partial charge is 0.180 e.